The number of aromatic nitrogens is 1. The average molecular weight is 423 g/mol. The van der Waals surface area contributed by atoms with Crippen LogP contribution in [0.4, 0.5) is 5.69 Å². The van der Waals surface area contributed by atoms with Gasteiger partial charge in [0.05, 0.1) is 6.42 Å². The zero-order chi connectivity index (χ0) is 21.8. The van der Waals surface area contributed by atoms with Crippen LogP contribution in [0.5, 0.6) is 0 Å². The van der Waals surface area contributed by atoms with Gasteiger partial charge < -0.3 is 19.5 Å². The number of likely N-dealkylation sites (tertiary alicyclic amines) is 1. The molecule has 2 fully saturated rings. The van der Waals surface area contributed by atoms with Gasteiger partial charge in [0.25, 0.3) is 5.91 Å². The number of ether oxygens (including phenoxy) is 1. The van der Waals surface area contributed by atoms with E-state index in [1.54, 1.807) is 21.9 Å². The fourth-order valence-electron chi connectivity index (χ4n) is 3.93. The third kappa shape index (κ3) is 4.84. The van der Waals surface area contributed by atoms with E-state index in [2.05, 4.69) is 4.98 Å². The molecule has 0 aliphatic carbocycles. The molecular formula is C23H25N3O5. The first kappa shape index (κ1) is 20.8. The molecule has 2 aromatic rings. The highest BCUT2D eigenvalue weighted by Crippen LogP contribution is 2.22. The molecule has 31 heavy (non-hydrogen) atoms. The number of carbonyl (C=O) groups excluding carboxylic acids is 4. The lowest BCUT2D eigenvalue weighted by Crippen LogP contribution is -2.27. The van der Waals surface area contributed by atoms with E-state index < -0.39 is 5.97 Å². The number of nitrogens with one attached hydrogen (secondary N) is 1. The molecule has 2 amide bonds. The van der Waals surface area contributed by atoms with Crippen molar-refractivity contribution in [2.75, 3.05) is 31.1 Å². The molecule has 0 unspecified atom stereocenters. The van der Waals surface area contributed by atoms with Crippen molar-refractivity contribution in [1.82, 2.24) is 9.88 Å². The van der Waals surface area contributed by atoms with Gasteiger partial charge in [0.2, 0.25) is 11.7 Å². The summed E-state index contributed by atoms with van der Waals surface area (Å²) in [6, 6.07) is 8.71. The molecular weight excluding hydrogens is 398 g/mol. The molecule has 2 saturated heterocycles. The van der Waals surface area contributed by atoms with Crippen LogP contribution in [0.25, 0.3) is 0 Å². The van der Waals surface area contributed by atoms with Crippen molar-refractivity contribution in [3.8, 4) is 0 Å². The molecule has 162 valence electrons. The second-order valence-electron chi connectivity index (χ2n) is 7.88. The number of esters is 1. The Morgan fingerprint density at radius 2 is 1.74 bits per heavy atom. The molecule has 3 heterocycles. The normalized spacial score (nSPS) is 16.1. The van der Waals surface area contributed by atoms with E-state index in [1.807, 2.05) is 12.1 Å². The predicted octanol–water partition coefficient (Wildman–Crippen LogP) is 2.35. The number of rotatable bonds is 7. The van der Waals surface area contributed by atoms with Gasteiger partial charge in [0.15, 0.2) is 6.61 Å². The largest absolute Gasteiger partial charge is 0.457 e. The van der Waals surface area contributed by atoms with Crippen LogP contribution in [0.3, 0.4) is 0 Å². The van der Waals surface area contributed by atoms with E-state index in [1.165, 1.54) is 12.3 Å². The Balaban J connectivity index is 1.26. The summed E-state index contributed by atoms with van der Waals surface area (Å²) in [6.45, 7) is 1.79. The van der Waals surface area contributed by atoms with Crippen molar-refractivity contribution >= 4 is 29.3 Å². The Morgan fingerprint density at radius 3 is 2.42 bits per heavy atom. The minimum absolute atomic E-state index is 0.0351. The van der Waals surface area contributed by atoms with Gasteiger partial charge in [-0.1, -0.05) is 12.1 Å². The molecule has 0 bridgehead atoms. The standard InChI is InChI=1S/C23H25N3O5/c27-20(17-13-19(24-14-17)23(30)25-9-1-2-10-25)15-31-22(29)12-16-5-7-18(8-6-16)26-11-3-4-21(26)28/h5-8,13-14,24H,1-4,9-12,15H2. The van der Waals surface area contributed by atoms with Crippen molar-refractivity contribution in [2.45, 2.75) is 32.1 Å². The number of anilines is 1. The predicted molar refractivity (Wildman–Crippen MR) is 113 cm³/mol. The minimum Gasteiger partial charge on any atom is -0.457 e. The summed E-state index contributed by atoms with van der Waals surface area (Å²) in [5.41, 5.74) is 2.25. The molecule has 0 spiro atoms. The number of nitrogens with zero attached hydrogens (tertiary/aromatic N) is 2. The maximum Gasteiger partial charge on any atom is 0.310 e. The summed E-state index contributed by atoms with van der Waals surface area (Å²) in [6.07, 6.45) is 4.92. The quantitative estimate of drug-likeness (QED) is 0.544. The molecule has 1 N–H and O–H groups in total. The number of ketones is 1. The van der Waals surface area contributed by atoms with Crippen LogP contribution in [0, 0.1) is 0 Å². The maximum absolute atomic E-state index is 12.4. The lowest BCUT2D eigenvalue weighted by Gasteiger charge is -2.15. The van der Waals surface area contributed by atoms with Crippen LogP contribution in [0.15, 0.2) is 36.5 Å². The van der Waals surface area contributed by atoms with Crippen LogP contribution < -0.4 is 4.90 Å². The summed E-state index contributed by atoms with van der Waals surface area (Å²) >= 11 is 0. The summed E-state index contributed by atoms with van der Waals surface area (Å²) in [7, 11) is 0. The van der Waals surface area contributed by atoms with Crippen LogP contribution in [0.2, 0.25) is 0 Å². The SMILES string of the molecule is O=C(Cc1ccc(N2CCCC2=O)cc1)OCC(=O)c1c[nH]c(C(=O)N2CCCC2)c1. The van der Waals surface area contributed by atoms with Crippen molar-refractivity contribution in [3.05, 3.63) is 53.3 Å². The summed E-state index contributed by atoms with van der Waals surface area (Å²) in [5, 5.41) is 0. The molecule has 8 heteroatoms. The molecule has 4 rings (SSSR count). The van der Waals surface area contributed by atoms with Gasteiger partial charge in [-0.2, -0.15) is 0 Å². The summed E-state index contributed by atoms with van der Waals surface area (Å²) < 4.78 is 5.12. The van der Waals surface area contributed by atoms with Gasteiger partial charge in [0, 0.05) is 43.5 Å². The Hall–Kier alpha value is -3.42. The van der Waals surface area contributed by atoms with E-state index in [4.69, 9.17) is 4.74 Å². The van der Waals surface area contributed by atoms with E-state index in [9.17, 15) is 19.2 Å². The Bertz CT molecular complexity index is 989. The monoisotopic (exact) mass is 423 g/mol. The van der Waals surface area contributed by atoms with Gasteiger partial charge in [-0.15, -0.1) is 0 Å². The number of H-pyrrole nitrogens is 1. The summed E-state index contributed by atoms with van der Waals surface area (Å²) in [5.74, 6) is -0.886. The number of amides is 2. The molecule has 0 radical (unpaired) electrons. The van der Waals surface area contributed by atoms with Gasteiger partial charge in [-0.25, -0.2) is 0 Å². The van der Waals surface area contributed by atoms with Crippen LogP contribution in [-0.4, -0.2) is 59.7 Å². The topological polar surface area (TPSA) is 99.8 Å². The van der Waals surface area contributed by atoms with E-state index in [-0.39, 0.29) is 30.6 Å². The zero-order valence-corrected chi connectivity index (χ0v) is 17.3. The molecule has 8 nitrogen and oxygen atoms in total. The number of Topliss-reactive ketones (excluding diaryl/α,β-unsaturated/α-hetero) is 1. The first-order valence-corrected chi connectivity index (χ1v) is 10.6. The highest BCUT2D eigenvalue weighted by atomic mass is 16.5. The van der Waals surface area contributed by atoms with Gasteiger partial charge in [0.1, 0.15) is 5.69 Å². The second kappa shape index (κ2) is 9.16. The Morgan fingerprint density at radius 1 is 1.00 bits per heavy atom. The minimum atomic E-state index is -0.512. The van der Waals surface area contributed by atoms with Crippen LogP contribution in [0.1, 0.15) is 52.1 Å². The second-order valence-corrected chi connectivity index (χ2v) is 7.88. The van der Waals surface area contributed by atoms with Crippen molar-refractivity contribution in [3.63, 3.8) is 0 Å². The highest BCUT2D eigenvalue weighted by molar-refractivity contribution is 6.01. The number of hydrogen-bond donors (Lipinski definition) is 1. The van der Waals surface area contributed by atoms with Gasteiger partial charge in [-0.3, -0.25) is 19.2 Å². The lowest BCUT2D eigenvalue weighted by molar-refractivity contribution is -0.141. The third-order valence-corrected chi connectivity index (χ3v) is 5.66. The molecule has 1 aromatic heterocycles. The third-order valence-electron chi connectivity index (χ3n) is 5.66. The molecule has 0 atom stereocenters. The number of hydrogen-bond acceptors (Lipinski definition) is 5. The number of benzene rings is 1. The first-order valence-electron chi connectivity index (χ1n) is 10.6. The molecule has 0 saturated carbocycles. The fraction of sp³-hybridized carbons (Fsp3) is 0.391. The number of aromatic amines is 1. The Kier molecular flexibility index (Phi) is 6.16. The molecule has 1 aromatic carbocycles. The first-order chi connectivity index (χ1) is 15.0. The van der Waals surface area contributed by atoms with Crippen LogP contribution >= 0.6 is 0 Å². The zero-order valence-electron chi connectivity index (χ0n) is 17.3. The Labute approximate surface area is 180 Å². The van der Waals surface area contributed by atoms with Crippen molar-refractivity contribution in [1.29, 1.82) is 0 Å². The van der Waals surface area contributed by atoms with Gasteiger partial charge in [-0.05, 0) is 43.0 Å². The lowest BCUT2D eigenvalue weighted by atomic mass is 10.1. The van der Waals surface area contributed by atoms with Crippen molar-refractivity contribution in [2.24, 2.45) is 0 Å². The average Bonchev–Trinajstić information content (AvgIpc) is 3.53. The number of carbonyl (C=O) groups is 4. The van der Waals surface area contributed by atoms with Crippen molar-refractivity contribution < 1.29 is 23.9 Å². The highest BCUT2D eigenvalue weighted by Gasteiger charge is 2.23. The fourth-order valence-corrected chi connectivity index (χ4v) is 3.93. The summed E-state index contributed by atoms with van der Waals surface area (Å²) in [4.78, 5) is 54.9. The van der Waals surface area contributed by atoms with E-state index >= 15 is 0 Å². The smallest absolute Gasteiger partial charge is 0.310 e. The van der Waals surface area contributed by atoms with Gasteiger partial charge >= 0.3 is 5.97 Å². The maximum atomic E-state index is 12.4. The van der Waals surface area contributed by atoms with E-state index in [0.29, 0.717) is 24.2 Å². The van der Waals surface area contributed by atoms with Crippen LogP contribution in [-0.2, 0) is 20.7 Å². The molecule has 2 aliphatic heterocycles. The van der Waals surface area contributed by atoms with E-state index in [0.717, 1.165) is 43.6 Å². The molecule has 2 aliphatic rings.